The van der Waals surface area contributed by atoms with Crippen LogP contribution in [0.2, 0.25) is 0 Å². The van der Waals surface area contributed by atoms with Crippen molar-refractivity contribution < 1.29 is 9.47 Å². The minimum Gasteiger partial charge on any atom is -0.497 e. The van der Waals surface area contributed by atoms with Crippen LogP contribution in [0.25, 0.3) is 10.8 Å². The number of rotatable bonds is 5. The molecule has 21 heavy (non-hydrogen) atoms. The van der Waals surface area contributed by atoms with Crippen molar-refractivity contribution in [3.05, 3.63) is 72.3 Å². The molecule has 0 radical (unpaired) electrons. The normalized spacial score (nSPS) is 10.5. The first-order valence-electron chi connectivity index (χ1n) is 7.10. The van der Waals surface area contributed by atoms with Gasteiger partial charge in [-0.3, -0.25) is 0 Å². The van der Waals surface area contributed by atoms with Gasteiger partial charge in [-0.2, -0.15) is 0 Å². The summed E-state index contributed by atoms with van der Waals surface area (Å²) in [6, 6.07) is 22.5. The van der Waals surface area contributed by atoms with Gasteiger partial charge in [0.2, 0.25) is 0 Å². The largest absolute Gasteiger partial charge is 0.497 e. The van der Waals surface area contributed by atoms with Crippen LogP contribution in [0.15, 0.2) is 66.7 Å². The van der Waals surface area contributed by atoms with Crippen molar-refractivity contribution in [3.8, 4) is 11.5 Å². The van der Waals surface area contributed by atoms with E-state index < -0.39 is 0 Å². The molecule has 0 aliphatic rings. The van der Waals surface area contributed by atoms with Crippen molar-refractivity contribution in [2.24, 2.45) is 0 Å². The molecule has 3 aromatic carbocycles. The summed E-state index contributed by atoms with van der Waals surface area (Å²) in [6.45, 7) is 0.654. The summed E-state index contributed by atoms with van der Waals surface area (Å²) in [5.41, 5.74) is 1.22. The summed E-state index contributed by atoms with van der Waals surface area (Å²) in [5.74, 6) is 1.83. The highest BCUT2D eigenvalue weighted by molar-refractivity contribution is 5.88. The van der Waals surface area contributed by atoms with Gasteiger partial charge in [0, 0.05) is 11.8 Å². The molecule has 2 nitrogen and oxygen atoms in total. The molecule has 0 aromatic heterocycles. The summed E-state index contributed by atoms with van der Waals surface area (Å²) >= 11 is 0. The highest BCUT2D eigenvalue weighted by atomic mass is 16.5. The van der Waals surface area contributed by atoms with Crippen molar-refractivity contribution in [3.63, 3.8) is 0 Å². The zero-order valence-electron chi connectivity index (χ0n) is 12.1. The van der Waals surface area contributed by atoms with Crippen molar-refractivity contribution >= 4 is 10.8 Å². The van der Waals surface area contributed by atoms with Crippen LogP contribution in [0.3, 0.4) is 0 Å². The Kier molecular flexibility index (Phi) is 4.06. The molecule has 0 bridgehead atoms. The average Bonchev–Trinajstić information content (AvgIpc) is 2.55. The molecule has 0 aliphatic carbocycles. The molecule has 0 saturated carbocycles. The highest BCUT2D eigenvalue weighted by Crippen LogP contribution is 2.25. The lowest BCUT2D eigenvalue weighted by Crippen LogP contribution is -2.01. The maximum absolute atomic E-state index is 5.96. The number of methoxy groups -OCH3 is 1. The van der Waals surface area contributed by atoms with Crippen LogP contribution in [0, 0.1) is 0 Å². The molecule has 3 aromatic rings. The van der Waals surface area contributed by atoms with Crippen LogP contribution < -0.4 is 9.47 Å². The van der Waals surface area contributed by atoms with Crippen LogP contribution in [-0.2, 0) is 6.42 Å². The van der Waals surface area contributed by atoms with E-state index in [-0.39, 0.29) is 0 Å². The lowest BCUT2D eigenvalue weighted by atomic mass is 10.1. The van der Waals surface area contributed by atoms with Gasteiger partial charge in [-0.1, -0.05) is 48.5 Å². The highest BCUT2D eigenvalue weighted by Gasteiger charge is 2.02. The second-order valence-corrected chi connectivity index (χ2v) is 4.93. The third-order valence-electron chi connectivity index (χ3n) is 3.53. The monoisotopic (exact) mass is 278 g/mol. The molecular formula is C19H18O2. The van der Waals surface area contributed by atoms with E-state index >= 15 is 0 Å². The molecule has 0 N–H and O–H groups in total. The fourth-order valence-corrected chi connectivity index (χ4v) is 2.43. The van der Waals surface area contributed by atoms with Gasteiger partial charge in [0.05, 0.1) is 13.7 Å². The molecule has 106 valence electrons. The second-order valence-electron chi connectivity index (χ2n) is 4.93. The first kappa shape index (κ1) is 13.5. The first-order valence-corrected chi connectivity index (χ1v) is 7.10. The summed E-state index contributed by atoms with van der Waals surface area (Å²) in [7, 11) is 1.69. The third-order valence-corrected chi connectivity index (χ3v) is 3.53. The van der Waals surface area contributed by atoms with E-state index in [4.69, 9.17) is 9.47 Å². The van der Waals surface area contributed by atoms with Gasteiger partial charge in [0.1, 0.15) is 11.5 Å². The number of hydrogen-bond acceptors (Lipinski definition) is 2. The Bertz CT molecular complexity index is 729. The smallest absolute Gasteiger partial charge is 0.127 e. The minimum atomic E-state index is 0.654. The Morgan fingerprint density at radius 1 is 0.857 bits per heavy atom. The summed E-state index contributed by atoms with van der Waals surface area (Å²) in [4.78, 5) is 0. The van der Waals surface area contributed by atoms with Crippen molar-refractivity contribution in [1.29, 1.82) is 0 Å². The second kappa shape index (κ2) is 6.31. The van der Waals surface area contributed by atoms with Crippen LogP contribution in [0.4, 0.5) is 0 Å². The third kappa shape index (κ3) is 3.16. The molecule has 0 amide bonds. The predicted octanol–water partition coefficient (Wildman–Crippen LogP) is 4.47. The van der Waals surface area contributed by atoms with Gasteiger partial charge in [-0.25, -0.2) is 0 Å². The van der Waals surface area contributed by atoms with E-state index in [2.05, 4.69) is 24.3 Å². The van der Waals surface area contributed by atoms with E-state index in [0.717, 1.165) is 23.3 Å². The van der Waals surface area contributed by atoms with Crippen molar-refractivity contribution in [2.45, 2.75) is 6.42 Å². The van der Waals surface area contributed by atoms with E-state index in [1.165, 1.54) is 10.9 Å². The topological polar surface area (TPSA) is 18.5 Å². The van der Waals surface area contributed by atoms with E-state index in [1.807, 2.05) is 42.5 Å². The van der Waals surface area contributed by atoms with Gasteiger partial charge in [-0.15, -0.1) is 0 Å². The standard InChI is InChI=1S/C19H18O2/c1-20-17-9-4-6-15(14-17)12-13-21-19-11-5-8-16-7-2-3-10-18(16)19/h2-11,14H,12-13H2,1H3. The van der Waals surface area contributed by atoms with Crippen LogP contribution in [-0.4, -0.2) is 13.7 Å². The quantitative estimate of drug-likeness (QED) is 0.685. The van der Waals surface area contributed by atoms with Crippen LogP contribution >= 0.6 is 0 Å². The first-order chi connectivity index (χ1) is 10.4. The van der Waals surface area contributed by atoms with Crippen molar-refractivity contribution in [2.75, 3.05) is 13.7 Å². The fourth-order valence-electron chi connectivity index (χ4n) is 2.43. The van der Waals surface area contributed by atoms with Gasteiger partial charge in [0.25, 0.3) is 0 Å². The molecule has 0 saturated heterocycles. The zero-order valence-corrected chi connectivity index (χ0v) is 12.1. The number of benzene rings is 3. The molecule has 0 spiro atoms. The van der Waals surface area contributed by atoms with Crippen molar-refractivity contribution in [1.82, 2.24) is 0 Å². The van der Waals surface area contributed by atoms with Gasteiger partial charge >= 0.3 is 0 Å². The number of fused-ring (bicyclic) bond motifs is 1. The van der Waals surface area contributed by atoms with E-state index in [9.17, 15) is 0 Å². The molecule has 3 rings (SSSR count). The molecule has 0 fully saturated rings. The minimum absolute atomic E-state index is 0.654. The molecule has 0 atom stereocenters. The fraction of sp³-hybridized carbons (Fsp3) is 0.158. The Hall–Kier alpha value is -2.48. The summed E-state index contributed by atoms with van der Waals surface area (Å²) in [6.07, 6.45) is 0.862. The van der Waals surface area contributed by atoms with Gasteiger partial charge in [-0.05, 0) is 29.1 Å². The molecule has 0 unspecified atom stereocenters. The Labute approximate surface area is 124 Å². The maximum Gasteiger partial charge on any atom is 0.127 e. The van der Waals surface area contributed by atoms with E-state index in [1.54, 1.807) is 7.11 Å². The predicted molar refractivity (Wildman–Crippen MR) is 86.1 cm³/mol. The SMILES string of the molecule is COc1cccc(CCOc2cccc3ccccc23)c1. The molecular weight excluding hydrogens is 260 g/mol. The number of hydrogen-bond donors (Lipinski definition) is 0. The Morgan fingerprint density at radius 2 is 1.67 bits per heavy atom. The van der Waals surface area contributed by atoms with Crippen LogP contribution in [0.5, 0.6) is 11.5 Å². The Morgan fingerprint density at radius 3 is 2.57 bits per heavy atom. The zero-order chi connectivity index (χ0) is 14.5. The molecule has 2 heteroatoms. The average molecular weight is 278 g/mol. The van der Waals surface area contributed by atoms with Crippen LogP contribution in [0.1, 0.15) is 5.56 Å². The lowest BCUT2D eigenvalue weighted by Gasteiger charge is -2.10. The van der Waals surface area contributed by atoms with E-state index in [0.29, 0.717) is 6.61 Å². The maximum atomic E-state index is 5.96. The van der Waals surface area contributed by atoms with Gasteiger partial charge < -0.3 is 9.47 Å². The number of ether oxygens (including phenoxy) is 2. The Balaban J connectivity index is 1.69. The summed E-state index contributed by atoms with van der Waals surface area (Å²) < 4.78 is 11.2. The molecule has 0 aliphatic heterocycles. The molecule has 0 heterocycles. The van der Waals surface area contributed by atoms with Gasteiger partial charge in [0.15, 0.2) is 0 Å². The lowest BCUT2D eigenvalue weighted by molar-refractivity contribution is 0.325. The summed E-state index contributed by atoms with van der Waals surface area (Å²) in [5, 5.41) is 2.36.